The number of oxime groups is 1. The number of hydrogen-bond acceptors (Lipinski definition) is 4. The first-order chi connectivity index (χ1) is 10.0. The van der Waals surface area contributed by atoms with E-state index >= 15 is 0 Å². The molecule has 1 aliphatic heterocycles. The third kappa shape index (κ3) is 4.19. The van der Waals surface area contributed by atoms with E-state index in [-0.39, 0.29) is 5.84 Å². The van der Waals surface area contributed by atoms with Gasteiger partial charge in [-0.05, 0) is 44.0 Å². The summed E-state index contributed by atoms with van der Waals surface area (Å²) in [5.74, 6) is 0.165. The van der Waals surface area contributed by atoms with Gasteiger partial charge >= 0.3 is 0 Å². The predicted octanol–water partition coefficient (Wildman–Crippen LogP) is 1.60. The quantitative estimate of drug-likeness (QED) is 0.333. The Labute approximate surface area is 126 Å². The Morgan fingerprint density at radius 3 is 2.71 bits per heavy atom. The molecular formula is C16H26N4O. The molecule has 5 nitrogen and oxygen atoms in total. The second-order valence-corrected chi connectivity index (χ2v) is 6.36. The summed E-state index contributed by atoms with van der Waals surface area (Å²) >= 11 is 0. The van der Waals surface area contributed by atoms with Crippen molar-refractivity contribution in [2.24, 2.45) is 16.3 Å². The highest BCUT2D eigenvalue weighted by Gasteiger charge is 2.28. The molecule has 1 saturated heterocycles. The van der Waals surface area contributed by atoms with Gasteiger partial charge < -0.3 is 21.2 Å². The fourth-order valence-corrected chi connectivity index (χ4v) is 2.81. The molecule has 0 unspecified atom stereocenters. The molecule has 116 valence electrons. The average Bonchev–Trinajstić information content (AvgIpc) is 2.50. The first-order valence-corrected chi connectivity index (χ1v) is 7.49. The van der Waals surface area contributed by atoms with E-state index in [1.165, 1.54) is 25.9 Å². The lowest BCUT2D eigenvalue weighted by Crippen LogP contribution is -2.42. The minimum atomic E-state index is 0.165. The normalized spacial score (nSPS) is 19.6. The molecule has 1 aromatic carbocycles. The summed E-state index contributed by atoms with van der Waals surface area (Å²) in [5.41, 5.74) is 7.93. The van der Waals surface area contributed by atoms with E-state index in [0.29, 0.717) is 5.41 Å². The van der Waals surface area contributed by atoms with Gasteiger partial charge in [0.2, 0.25) is 0 Å². The summed E-state index contributed by atoms with van der Waals surface area (Å²) in [6.07, 6.45) is 2.44. The maximum absolute atomic E-state index is 8.85. The van der Waals surface area contributed by atoms with Crippen LogP contribution in [0.25, 0.3) is 0 Å². The molecule has 1 aromatic rings. The molecular weight excluding hydrogens is 264 g/mol. The molecule has 0 amide bonds. The largest absolute Gasteiger partial charge is 0.409 e. The van der Waals surface area contributed by atoms with Crippen LogP contribution < -0.4 is 11.1 Å². The Hall–Kier alpha value is -1.59. The Balaban J connectivity index is 1.92. The number of nitrogens with one attached hydrogen (secondary N) is 1. The van der Waals surface area contributed by atoms with Gasteiger partial charge in [0.1, 0.15) is 0 Å². The summed E-state index contributed by atoms with van der Waals surface area (Å²) in [6.45, 7) is 6.41. The van der Waals surface area contributed by atoms with Crippen molar-refractivity contribution < 1.29 is 5.21 Å². The van der Waals surface area contributed by atoms with Crippen LogP contribution in [0.1, 0.15) is 30.9 Å². The molecule has 1 fully saturated rings. The molecule has 0 aromatic heterocycles. The van der Waals surface area contributed by atoms with Crippen LogP contribution in [-0.4, -0.2) is 42.6 Å². The second kappa shape index (κ2) is 6.91. The van der Waals surface area contributed by atoms with Crippen LogP contribution in [0, 0.1) is 5.41 Å². The summed E-state index contributed by atoms with van der Waals surface area (Å²) in [6, 6.07) is 7.76. The van der Waals surface area contributed by atoms with Crippen LogP contribution >= 0.6 is 0 Å². The number of hydrogen-bond donors (Lipinski definition) is 3. The van der Waals surface area contributed by atoms with Gasteiger partial charge in [-0.1, -0.05) is 36.3 Å². The van der Waals surface area contributed by atoms with Gasteiger partial charge in [0.15, 0.2) is 5.84 Å². The van der Waals surface area contributed by atoms with E-state index in [4.69, 9.17) is 10.9 Å². The van der Waals surface area contributed by atoms with E-state index in [9.17, 15) is 0 Å². The number of rotatable bonds is 5. The summed E-state index contributed by atoms with van der Waals surface area (Å²) in [7, 11) is 2.18. The van der Waals surface area contributed by atoms with Crippen molar-refractivity contribution in [3.63, 3.8) is 0 Å². The van der Waals surface area contributed by atoms with Crippen molar-refractivity contribution in [1.29, 1.82) is 0 Å². The van der Waals surface area contributed by atoms with Crippen molar-refractivity contribution in [3.8, 4) is 0 Å². The van der Waals surface area contributed by atoms with E-state index < -0.39 is 0 Å². The predicted molar refractivity (Wildman–Crippen MR) is 85.5 cm³/mol. The van der Waals surface area contributed by atoms with E-state index in [1.807, 2.05) is 24.3 Å². The summed E-state index contributed by atoms with van der Waals surface area (Å²) in [5, 5.41) is 15.5. The van der Waals surface area contributed by atoms with E-state index in [2.05, 4.69) is 29.3 Å². The number of amidine groups is 1. The van der Waals surface area contributed by atoms with Crippen molar-refractivity contribution in [2.45, 2.75) is 26.3 Å². The van der Waals surface area contributed by atoms with Crippen LogP contribution in [0.2, 0.25) is 0 Å². The maximum atomic E-state index is 8.85. The monoisotopic (exact) mass is 290 g/mol. The van der Waals surface area contributed by atoms with E-state index in [1.54, 1.807) is 0 Å². The van der Waals surface area contributed by atoms with Crippen molar-refractivity contribution in [2.75, 3.05) is 26.7 Å². The Morgan fingerprint density at radius 1 is 1.38 bits per heavy atom. The lowest BCUT2D eigenvalue weighted by atomic mass is 9.80. The van der Waals surface area contributed by atoms with Crippen LogP contribution in [0.4, 0.5) is 0 Å². The number of nitrogens with two attached hydrogens (primary N) is 1. The van der Waals surface area contributed by atoms with Gasteiger partial charge in [0.25, 0.3) is 0 Å². The molecule has 5 heteroatoms. The Bertz CT molecular complexity index is 493. The van der Waals surface area contributed by atoms with Gasteiger partial charge in [0.05, 0.1) is 0 Å². The van der Waals surface area contributed by atoms with Gasteiger partial charge in [-0.25, -0.2) is 0 Å². The molecule has 1 aliphatic rings. The zero-order valence-corrected chi connectivity index (χ0v) is 13.0. The lowest BCUT2D eigenvalue weighted by molar-refractivity contribution is 0.137. The first-order valence-electron chi connectivity index (χ1n) is 7.49. The molecule has 0 saturated carbocycles. The molecule has 0 spiro atoms. The minimum Gasteiger partial charge on any atom is -0.409 e. The van der Waals surface area contributed by atoms with Crippen LogP contribution in [0.15, 0.2) is 29.4 Å². The topological polar surface area (TPSA) is 73.9 Å². The summed E-state index contributed by atoms with van der Waals surface area (Å²) < 4.78 is 0. The third-order valence-corrected chi connectivity index (χ3v) is 4.46. The molecule has 1 heterocycles. The van der Waals surface area contributed by atoms with Crippen LogP contribution in [-0.2, 0) is 6.54 Å². The standard InChI is InChI=1S/C16H26N4O/c1-16(7-9-20(2)10-8-16)12-18-11-13-5-3-4-6-14(13)15(17)19-21/h3-6,18,21H,7-12H2,1-2H3,(H2,17,19). The molecule has 0 bridgehead atoms. The zero-order chi connectivity index (χ0) is 15.3. The van der Waals surface area contributed by atoms with Gasteiger partial charge in [-0.15, -0.1) is 0 Å². The first kappa shape index (κ1) is 15.8. The Morgan fingerprint density at radius 2 is 2.05 bits per heavy atom. The van der Waals surface area contributed by atoms with Crippen LogP contribution in [0.3, 0.4) is 0 Å². The molecule has 0 aliphatic carbocycles. The highest BCUT2D eigenvalue weighted by atomic mass is 16.4. The number of benzene rings is 1. The zero-order valence-electron chi connectivity index (χ0n) is 13.0. The third-order valence-electron chi connectivity index (χ3n) is 4.46. The average molecular weight is 290 g/mol. The van der Waals surface area contributed by atoms with Gasteiger partial charge in [-0.3, -0.25) is 0 Å². The molecule has 0 radical (unpaired) electrons. The highest BCUT2D eigenvalue weighted by Crippen LogP contribution is 2.29. The number of nitrogens with zero attached hydrogens (tertiary/aromatic N) is 2. The van der Waals surface area contributed by atoms with Gasteiger partial charge in [0, 0.05) is 18.7 Å². The minimum absolute atomic E-state index is 0.165. The summed E-state index contributed by atoms with van der Waals surface area (Å²) in [4.78, 5) is 2.38. The Kier molecular flexibility index (Phi) is 5.20. The SMILES string of the molecule is CN1CCC(C)(CNCc2ccccc2/C(N)=N/O)CC1. The van der Waals surface area contributed by atoms with Crippen LogP contribution in [0.5, 0.6) is 0 Å². The van der Waals surface area contributed by atoms with Gasteiger partial charge in [-0.2, -0.15) is 0 Å². The van der Waals surface area contributed by atoms with Crippen molar-refractivity contribution in [1.82, 2.24) is 10.2 Å². The second-order valence-electron chi connectivity index (χ2n) is 6.36. The molecule has 21 heavy (non-hydrogen) atoms. The van der Waals surface area contributed by atoms with Crippen molar-refractivity contribution >= 4 is 5.84 Å². The lowest BCUT2D eigenvalue weighted by Gasteiger charge is -2.38. The maximum Gasteiger partial charge on any atom is 0.170 e. The fourth-order valence-electron chi connectivity index (χ4n) is 2.81. The molecule has 2 rings (SSSR count). The number of likely N-dealkylation sites (tertiary alicyclic amines) is 1. The number of piperidine rings is 1. The molecule has 0 atom stereocenters. The smallest absolute Gasteiger partial charge is 0.170 e. The fraction of sp³-hybridized carbons (Fsp3) is 0.562. The van der Waals surface area contributed by atoms with Crippen molar-refractivity contribution in [3.05, 3.63) is 35.4 Å². The highest BCUT2D eigenvalue weighted by molar-refractivity contribution is 5.98. The molecule has 4 N–H and O–H groups in total. The van der Waals surface area contributed by atoms with E-state index in [0.717, 1.165) is 24.2 Å².